The Labute approximate surface area is 220 Å². The molecular weight excluding hydrogens is 476 g/mol. The normalized spacial score (nSPS) is 24.1. The third-order valence-electron chi connectivity index (χ3n) is 7.59. The number of morpholine rings is 1. The molecule has 1 aliphatic carbocycles. The topological polar surface area (TPSA) is 129 Å². The lowest BCUT2D eigenvalue weighted by Gasteiger charge is -2.39. The predicted octanol–water partition coefficient (Wildman–Crippen LogP) is 1.88. The molecule has 3 aliphatic rings. The van der Waals surface area contributed by atoms with Gasteiger partial charge in [-0.2, -0.15) is 5.26 Å². The molecule has 0 bridgehead atoms. The van der Waals surface area contributed by atoms with Crippen LogP contribution < -0.4 is 10.6 Å². The second-order valence-electron chi connectivity index (χ2n) is 10.5. The number of amides is 2. The molecule has 2 heterocycles. The standard InChI is InChI=1S/C26H44N6O5/c1-4-36-25(34)29-24(32-14-15-37-21(17-32)18-35-3)28-22(16-20-8-6-5-7-9-20)23(33)30-26(19-27)10-12-31(2)13-11-26/h20-22H,4-18H2,1-3H3,(H,30,33)(H,28,29,34). The van der Waals surface area contributed by atoms with Crippen molar-refractivity contribution in [2.45, 2.75) is 76.0 Å². The van der Waals surface area contributed by atoms with Crippen LogP contribution in [0.1, 0.15) is 58.3 Å². The van der Waals surface area contributed by atoms with Gasteiger partial charge in [-0.1, -0.05) is 32.1 Å². The van der Waals surface area contributed by atoms with E-state index in [1.807, 2.05) is 11.9 Å². The summed E-state index contributed by atoms with van der Waals surface area (Å²) in [7, 11) is 3.64. The summed E-state index contributed by atoms with van der Waals surface area (Å²) >= 11 is 0. The molecule has 0 aromatic rings. The van der Waals surface area contributed by atoms with Crippen LogP contribution in [0.2, 0.25) is 0 Å². The summed E-state index contributed by atoms with van der Waals surface area (Å²) in [5, 5.41) is 16.4. The summed E-state index contributed by atoms with van der Waals surface area (Å²) in [4.78, 5) is 34.5. The van der Waals surface area contributed by atoms with E-state index in [0.29, 0.717) is 57.4 Å². The summed E-state index contributed by atoms with van der Waals surface area (Å²) in [5.41, 5.74) is -0.892. The first-order valence-corrected chi connectivity index (χ1v) is 13.7. The van der Waals surface area contributed by atoms with Crippen molar-refractivity contribution in [1.82, 2.24) is 20.4 Å². The van der Waals surface area contributed by atoms with Gasteiger partial charge in [-0.3, -0.25) is 4.79 Å². The molecule has 11 nitrogen and oxygen atoms in total. The number of piperidine rings is 1. The van der Waals surface area contributed by atoms with Gasteiger partial charge in [0.05, 0.1) is 32.0 Å². The fraction of sp³-hybridized carbons (Fsp3) is 0.846. The van der Waals surface area contributed by atoms with Gasteiger partial charge in [0.1, 0.15) is 11.6 Å². The zero-order valence-electron chi connectivity index (χ0n) is 22.7. The number of nitrogens with zero attached hydrogens (tertiary/aromatic N) is 4. The lowest BCUT2D eigenvalue weighted by Crippen LogP contribution is -2.61. The van der Waals surface area contributed by atoms with Crippen LogP contribution in [-0.2, 0) is 19.0 Å². The lowest BCUT2D eigenvalue weighted by atomic mass is 9.84. The summed E-state index contributed by atoms with van der Waals surface area (Å²) in [6.07, 6.45) is 6.53. The highest BCUT2D eigenvalue weighted by Crippen LogP contribution is 2.28. The highest BCUT2D eigenvalue weighted by atomic mass is 16.5. The van der Waals surface area contributed by atoms with Crippen LogP contribution in [0.15, 0.2) is 4.99 Å². The minimum absolute atomic E-state index is 0.181. The van der Waals surface area contributed by atoms with Crippen molar-refractivity contribution in [3.8, 4) is 6.07 Å². The molecular formula is C26H44N6O5. The molecule has 0 spiro atoms. The molecule has 37 heavy (non-hydrogen) atoms. The first-order chi connectivity index (χ1) is 17.9. The largest absolute Gasteiger partial charge is 0.448 e. The van der Waals surface area contributed by atoms with Gasteiger partial charge in [0, 0.05) is 33.3 Å². The number of ether oxygens (including phenoxy) is 3. The molecule has 1 saturated carbocycles. The number of hydrogen-bond donors (Lipinski definition) is 2. The monoisotopic (exact) mass is 520 g/mol. The Balaban J connectivity index is 1.82. The molecule has 0 aromatic carbocycles. The molecule has 2 saturated heterocycles. The van der Waals surface area contributed by atoms with E-state index in [4.69, 9.17) is 14.2 Å². The number of methoxy groups -OCH3 is 1. The van der Waals surface area contributed by atoms with Gasteiger partial charge in [0.15, 0.2) is 0 Å². The van der Waals surface area contributed by atoms with E-state index in [2.05, 4.69) is 26.6 Å². The third kappa shape index (κ3) is 8.83. The van der Waals surface area contributed by atoms with Crippen molar-refractivity contribution < 1.29 is 23.8 Å². The average molecular weight is 521 g/mol. The van der Waals surface area contributed by atoms with Gasteiger partial charge in [-0.15, -0.1) is 4.99 Å². The summed E-state index contributed by atoms with van der Waals surface area (Å²) in [5.74, 6) is 0.463. The Morgan fingerprint density at radius 3 is 2.59 bits per heavy atom. The van der Waals surface area contributed by atoms with E-state index < -0.39 is 17.7 Å². The zero-order chi connectivity index (χ0) is 26.7. The van der Waals surface area contributed by atoms with Crippen LogP contribution in [-0.4, -0.2) is 106 Å². The molecule has 2 atom stereocenters. The minimum atomic E-state index is -0.892. The third-order valence-corrected chi connectivity index (χ3v) is 7.59. The van der Waals surface area contributed by atoms with E-state index in [-0.39, 0.29) is 18.6 Å². The number of nitrogens with one attached hydrogen (secondary N) is 2. The molecule has 2 unspecified atom stereocenters. The van der Waals surface area contributed by atoms with Crippen LogP contribution in [0.25, 0.3) is 0 Å². The van der Waals surface area contributed by atoms with Crippen LogP contribution in [0, 0.1) is 17.2 Å². The van der Waals surface area contributed by atoms with E-state index in [0.717, 1.165) is 38.8 Å². The van der Waals surface area contributed by atoms with Crippen LogP contribution in [0.4, 0.5) is 4.79 Å². The number of nitriles is 1. The maximum atomic E-state index is 13.8. The zero-order valence-corrected chi connectivity index (χ0v) is 22.7. The predicted molar refractivity (Wildman–Crippen MR) is 139 cm³/mol. The van der Waals surface area contributed by atoms with E-state index in [9.17, 15) is 14.9 Å². The molecule has 0 radical (unpaired) electrons. The Morgan fingerprint density at radius 2 is 1.95 bits per heavy atom. The molecule has 208 valence electrons. The number of carbonyl (C=O) groups is 2. The van der Waals surface area contributed by atoms with Gasteiger partial charge < -0.3 is 34.6 Å². The van der Waals surface area contributed by atoms with Crippen molar-refractivity contribution in [2.75, 3.05) is 60.2 Å². The van der Waals surface area contributed by atoms with Crippen LogP contribution >= 0.6 is 0 Å². The number of carbonyl (C=O) groups excluding carboxylic acids is 2. The maximum Gasteiger partial charge on any atom is 0.436 e. The van der Waals surface area contributed by atoms with Crippen LogP contribution in [0.3, 0.4) is 0 Å². The minimum Gasteiger partial charge on any atom is -0.448 e. The molecule has 2 N–H and O–H groups in total. The van der Waals surface area contributed by atoms with Gasteiger partial charge in [0.25, 0.3) is 0 Å². The smallest absolute Gasteiger partial charge is 0.436 e. The Morgan fingerprint density at radius 1 is 1.22 bits per heavy atom. The molecule has 2 aliphatic heterocycles. The average Bonchev–Trinajstić information content (AvgIpc) is 2.90. The molecule has 3 fully saturated rings. The van der Waals surface area contributed by atoms with Gasteiger partial charge in [-0.25, -0.2) is 4.79 Å². The lowest BCUT2D eigenvalue weighted by molar-refractivity contribution is -0.125. The highest BCUT2D eigenvalue weighted by molar-refractivity contribution is 5.94. The van der Waals surface area contributed by atoms with Crippen molar-refractivity contribution in [2.24, 2.45) is 10.9 Å². The van der Waals surface area contributed by atoms with Gasteiger partial charge in [0.2, 0.25) is 11.9 Å². The van der Waals surface area contributed by atoms with E-state index in [1.165, 1.54) is 6.42 Å². The first-order valence-electron chi connectivity index (χ1n) is 13.7. The maximum absolute atomic E-state index is 13.8. The molecule has 3 rings (SSSR count). The number of likely N-dealkylation sites (tertiary alicyclic amines) is 1. The quantitative estimate of drug-likeness (QED) is 0.364. The van der Waals surface area contributed by atoms with E-state index in [1.54, 1.807) is 14.0 Å². The Kier molecular flexibility index (Phi) is 11.4. The molecule has 0 aromatic heterocycles. The van der Waals surface area contributed by atoms with Crippen molar-refractivity contribution in [1.29, 1.82) is 5.26 Å². The van der Waals surface area contributed by atoms with Crippen molar-refractivity contribution in [3.63, 3.8) is 0 Å². The molecule has 2 amide bonds. The summed E-state index contributed by atoms with van der Waals surface area (Å²) < 4.78 is 16.1. The first kappa shape index (κ1) is 29.1. The van der Waals surface area contributed by atoms with Gasteiger partial charge in [-0.05, 0) is 39.2 Å². The Bertz CT molecular complexity index is 815. The van der Waals surface area contributed by atoms with Crippen LogP contribution in [0.5, 0.6) is 0 Å². The summed E-state index contributed by atoms with van der Waals surface area (Å²) in [6.45, 7) is 5.26. The fourth-order valence-corrected chi connectivity index (χ4v) is 5.37. The van der Waals surface area contributed by atoms with Gasteiger partial charge >= 0.3 is 6.09 Å². The second-order valence-corrected chi connectivity index (χ2v) is 10.5. The number of aliphatic imine (C=N–C) groups is 1. The summed E-state index contributed by atoms with van der Waals surface area (Å²) in [6, 6.07) is 1.75. The fourth-order valence-electron chi connectivity index (χ4n) is 5.37. The Hall–Kier alpha value is -2.42. The number of hydrogen-bond acceptors (Lipinski definition) is 7. The van der Waals surface area contributed by atoms with Crippen molar-refractivity contribution in [3.05, 3.63) is 0 Å². The number of rotatable bonds is 8. The van der Waals surface area contributed by atoms with Crippen molar-refractivity contribution >= 4 is 18.0 Å². The highest BCUT2D eigenvalue weighted by Gasteiger charge is 2.38. The SMILES string of the molecule is CCOC(=O)/N=C(\NC(CC1CCCCC1)C(=O)NC1(C#N)CCN(C)CC1)N1CCOC(COC)C1. The van der Waals surface area contributed by atoms with E-state index >= 15 is 0 Å². The number of guanidine groups is 1. The molecule has 11 heteroatoms. The second kappa shape index (κ2) is 14.5.